The van der Waals surface area contributed by atoms with Crippen LogP contribution in [0.15, 0.2) is 48.8 Å². The number of ether oxygens (including phenoxy) is 1. The Morgan fingerprint density at radius 1 is 1.11 bits per heavy atom. The number of pyridine rings is 1. The third kappa shape index (κ3) is 4.35. The van der Waals surface area contributed by atoms with E-state index in [0.717, 1.165) is 5.69 Å². The summed E-state index contributed by atoms with van der Waals surface area (Å²) in [5.74, 6) is 0.0232. The van der Waals surface area contributed by atoms with Crippen LogP contribution in [0, 0.1) is 0 Å². The minimum absolute atomic E-state index is 0.247. The first-order valence-electron chi connectivity index (χ1n) is 8.74. The summed E-state index contributed by atoms with van der Waals surface area (Å²) in [7, 11) is 1.49. The molecule has 1 aromatic carbocycles. The van der Waals surface area contributed by atoms with Crippen molar-refractivity contribution in [1.82, 2.24) is 15.2 Å². The standard InChI is InChI=1S/C20H21N5O3/c1-12(2)16-10-17(25-24-16)20(27)22-14-6-7-15(18(9-14)28-3)23-19(26)13-5-4-8-21-11-13/h4-12H,1-3H3,(H,22,27)(H,23,26)(H,24,25). The Morgan fingerprint density at radius 3 is 2.57 bits per heavy atom. The van der Waals surface area contributed by atoms with Crippen LogP contribution in [0.25, 0.3) is 0 Å². The second-order valence-corrected chi connectivity index (χ2v) is 6.43. The number of nitrogens with one attached hydrogen (secondary N) is 3. The van der Waals surface area contributed by atoms with Crippen molar-refractivity contribution in [3.63, 3.8) is 0 Å². The summed E-state index contributed by atoms with van der Waals surface area (Å²) >= 11 is 0. The van der Waals surface area contributed by atoms with E-state index in [1.54, 1.807) is 42.6 Å². The first kappa shape index (κ1) is 19.1. The monoisotopic (exact) mass is 379 g/mol. The van der Waals surface area contributed by atoms with E-state index in [1.807, 2.05) is 13.8 Å². The topological polar surface area (TPSA) is 109 Å². The summed E-state index contributed by atoms with van der Waals surface area (Å²) in [5, 5.41) is 12.4. The predicted molar refractivity (Wildman–Crippen MR) is 106 cm³/mol. The number of hydrogen-bond acceptors (Lipinski definition) is 5. The van der Waals surface area contributed by atoms with Crippen LogP contribution in [0.4, 0.5) is 11.4 Å². The summed E-state index contributed by atoms with van der Waals surface area (Å²) in [5.41, 5.74) is 2.63. The molecule has 0 aliphatic heterocycles. The average molecular weight is 379 g/mol. The number of amides is 2. The van der Waals surface area contributed by atoms with Crippen molar-refractivity contribution in [3.8, 4) is 5.75 Å². The molecule has 0 spiro atoms. The quantitative estimate of drug-likeness (QED) is 0.608. The highest BCUT2D eigenvalue weighted by Crippen LogP contribution is 2.28. The zero-order chi connectivity index (χ0) is 20.1. The number of methoxy groups -OCH3 is 1. The Balaban J connectivity index is 1.73. The van der Waals surface area contributed by atoms with Gasteiger partial charge in [0.25, 0.3) is 11.8 Å². The lowest BCUT2D eigenvalue weighted by Crippen LogP contribution is -2.14. The molecule has 3 rings (SSSR count). The molecule has 0 unspecified atom stereocenters. The third-order valence-electron chi connectivity index (χ3n) is 4.08. The number of anilines is 2. The molecule has 3 aromatic rings. The maximum atomic E-state index is 12.4. The first-order valence-corrected chi connectivity index (χ1v) is 8.74. The fraction of sp³-hybridized carbons (Fsp3) is 0.200. The third-order valence-corrected chi connectivity index (χ3v) is 4.08. The molecule has 0 saturated heterocycles. The van der Waals surface area contributed by atoms with Gasteiger partial charge in [-0.1, -0.05) is 13.8 Å². The number of rotatable bonds is 6. The highest BCUT2D eigenvalue weighted by Gasteiger charge is 2.15. The Labute approximate surface area is 162 Å². The smallest absolute Gasteiger partial charge is 0.276 e. The van der Waals surface area contributed by atoms with Crippen LogP contribution in [-0.4, -0.2) is 34.1 Å². The number of carbonyl (C=O) groups excluding carboxylic acids is 2. The van der Waals surface area contributed by atoms with Crippen molar-refractivity contribution in [1.29, 1.82) is 0 Å². The van der Waals surface area contributed by atoms with Gasteiger partial charge < -0.3 is 15.4 Å². The molecular formula is C20H21N5O3. The molecule has 28 heavy (non-hydrogen) atoms. The summed E-state index contributed by atoms with van der Waals surface area (Å²) in [6.07, 6.45) is 3.07. The number of aromatic nitrogens is 3. The van der Waals surface area contributed by atoms with Gasteiger partial charge in [-0.05, 0) is 36.2 Å². The van der Waals surface area contributed by atoms with Crippen LogP contribution in [0.2, 0.25) is 0 Å². The van der Waals surface area contributed by atoms with E-state index in [0.29, 0.717) is 28.4 Å². The lowest BCUT2D eigenvalue weighted by atomic mass is 10.1. The molecule has 0 bridgehead atoms. The largest absolute Gasteiger partial charge is 0.494 e. The van der Waals surface area contributed by atoms with Crippen molar-refractivity contribution in [2.45, 2.75) is 19.8 Å². The van der Waals surface area contributed by atoms with Crippen molar-refractivity contribution >= 4 is 23.2 Å². The van der Waals surface area contributed by atoms with Crippen LogP contribution in [0.1, 0.15) is 46.3 Å². The van der Waals surface area contributed by atoms with Gasteiger partial charge in [0.2, 0.25) is 0 Å². The SMILES string of the molecule is COc1cc(NC(=O)c2cc(C(C)C)[nH]n2)ccc1NC(=O)c1cccnc1. The van der Waals surface area contributed by atoms with E-state index in [-0.39, 0.29) is 17.7 Å². The van der Waals surface area contributed by atoms with E-state index in [9.17, 15) is 9.59 Å². The van der Waals surface area contributed by atoms with E-state index >= 15 is 0 Å². The van der Waals surface area contributed by atoms with Crippen LogP contribution in [-0.2, 0) is 0 Å². The van der Waals surface area contributed by atoms with E-state index < -0.39 is 0 Å². The Hall–Kier alpha value is -3.68. The minimum Gasteiger partial charge on any atom is -0.494 e. The molecule has 8 nitrogen and oxygen atoms in total. The maximum Gasteiger partial charge on any atom is 0.276 e. The lowest BCUT2D eigenvalue weighted by Gasteiger charge is -2.12. The van der Waals surface area contributed by atoms with Gasteiger partial charge in [-0.15, -0.1) is 0 Å². The summed E-state index contributed by atoms with van der Waals surface area (Å²) in [4.78, 5) is 28.6. The van der Waals surface area contributed by atoms with Gasteiger partial charge in [-0.2, -0.15) is 5.10 Å². The number of H-pyrrole nitrogens is 1. The van der Waals surface area contributed by atoms with E-state index in [1.165, 1.54) is 13.3 Å². The van der Waals surface area contributed by atoms with Gasteiger partial charge in [0, 0.05) is 29.8 Å². The highest BCUT2D eigenvalue weighted by atomic mass is 16.5. The van der Waals surface area contributed by atoms with Crippen molar-refractivity contribution < 1.29 is 14.3 Å². The predicted octanol–water partition coefficient (Wildman–Crippen LogP) is 3.44. The van der Waals surface area contributed by atoms with E-state index in [2.05, 4.69) is 25.8 Å². The second kappa shape index (κ2) is 8.34. The summed E-state index contributed by atoms with van der Waals surface area (Å²) < 4.78 is 5.34. The molecule has 2 aromatic heterocycles. The van der Waals surface area contributed by atoms with Gasteiger partial charge >= 0.3 is 0 Å². The average Bonchev–Trinajstić information content (AvgIpc) is 3.20. The molecule has 0 aliphatic carbocycles. The molecule has 3 N–H and O–H groups in total. The maximum absolute atomic E-state index is 12.4. The molecule has 0 atom stereocenters. The summed E-state index contributed by atoms with van der Waals surface area (Å²) in [6, 6.07) is 10.0. The fourth-order valence-corrected chi connectivity index (χ4v) is 2.51. The molecular weight excluding hydrogens is 358 g/mol. The Kier molecular flexibility index (Phi) is 5.69. The van der Waals surface area contributed by atoms with Crippen LogP contribution in [0.3, 0.4) is 0 Å². The Bertz CT molecular complexity index is 983. The second-order valence-electron chi connectivity index (χ2n) is 6.43. The van der Waals surface area contributed by atoms with Crippen LogP contribution < -0.4 is 15.4 Å². The van der Waals surface area contributed by atoms with Crippen molar-refractivity contribution in [2.75, 3.05) is 17.7 Å². The van der Waals surface area contributed by atoms with Crippen LogP contribution in [0.5, 0.6) is 5.75 Å². The number of hydrogen-bond donors (Lipinski definition) is 3. The minimum atomic E-state index is -0.336. The molecule has 144 valence electrons. The number of nitrogens with zero attached hydrogens (tertiary/aromatic N) is 2. The van der Waals surface area contributed by atoms with Crippen LogP contribution >= 0.6 is 0 Å². The van der Waals surface area contributed by atoms with Gasteiger partial charge in [0.1, 0.15) is 5.75 Å². The van der Waals surface area contributed by atoms with Gasteiger partial charge in [0.15, 0.2) is 5.69 Å². The van der Waals surface area contributed by atoms with Crippen molar-refractivity contribution in [3.05, 3.63) is 65.7 Å². The number of benzene rings is 1. The molecule has 2 heterocycles. The van der Waals surface area contributed by atoms with Crippen molar-refractivity contribution in [2.24, 2.45) is 0 Å². The molecule has 0 fully saturated rings. The van der Waals surface area contributed by atoms with Gasteiger partial charge in [-0.3, -0.25) is 19.7 Å². The normalized spacial score (nSPS) is 10.6. The molecule has 0 saturated carbocycles. The van der Waals surface area contributed by atoms with Gasteiger partial charge in [0.05, 0.1) is 18.4 Å². The molecule has 2 amide bonds. The number of aromatic amines is 1. The number of carbonyl (C=O) groups is 2. The summed E-state index contributed by atoms with van der Waals surface area (Å²) in [6.45, 7) is 4.02. The molecule has 0 aliphatic rings. The van der Waals surface area contributed by atoms with E-state index in [4.69, 9.17) is 4.74 Å². The zero-order valence-electron chi connectivity index (χ0n) is 15.8. The lowest BCUT2D eigenvalue weighted by molar-refractivity contribution is 0.101. The zero-order valence-corrected chi connectivity index (χ0v) is 15.8. The Morgan fingerprint density at radius 2 is 1.93 bits per heavy atom. The molecule has 0 radical (unpaired) electrons. The molecule has 8 heteroatoms. The first-order chi connectivity index (χ1) is 13.5. The highest BCUT2D eigenvalue weighted by molar-refractivity contribution is 6.06. The fourth-order valence-electron chi connectivity index (χ4n) is 2.51. The van der Waals surface area contributed by atoms with Gasteiger partial charge in [-0.25, -0.2) is 0 Å².